The van der Waals surface area contributed by atoms with Crippen LogP contribution in [-0.2, 0) is 9.53 Å². The van der Waals surface area contributed by atoms with Gasteiger partial charge in [0.05, 0.1) is 0 Å². The molecule has 0 aromatic rings. The first-order valence-corrected chi connectivity index (χ1v) is 10.7. The summed E-state index contributed by atoms with van der Waals surface area (Å²) in [7, 11) is 0. The van der Waals surface area contributed by atoms with Crippen molar-refractivity contribution in [1.29, 1.82) is 0 Å². The van der Waals surface area contributed by atoms with Crippen LogP contribution in [0.25, 0.3) is 0 Å². The molecular formula is C22H44O2. The Kier molecular flexibility index (Phi) is 15.6. The average Bonchev–Trinajstić information content (AvgIpc) is 2.56. The largest absolute Gasteiger partial charge is 0.462 e. The van der Waals surface area contributed by atoms with Crippen molar-refractivity contribution in [2.24, 2.45) is 11.8 Å². The maximum atomic E-state index is 12.1. The normalized spacial score (nSPS) is 13.9. The van der Waals surface area contributed by atoms with E-state index >= 15 is 0 Å². The maximum Gasteiger partial charge on any atom is 0.306 e. The number of unbranched alkanes of at least 4 members (excludes halogenated alkanes) is 8. The molecular weight excluding hydrogens is 296 g/mol. The van der Waals surface area contributed by atoms with Gasteiger partial charge in [-0.1, -0.05) is 92.4 Å². The lowest BCUT2D eigenvalue weighted by Gasteiger charge is -2.24. The second-order valence-corrected chi connectivity index (χ2v) is 7.96. The van der Waals surface area contributed by atoms with Crippen LogP contribution in [0.1, 0.15) is 118 Å². The van der Waals surface area contributed by atoms with Crippen molar-refractivity contribution in [3.8, 4) is 0 Å². The lowest BCUT2D eigenvalue weighted by Crippen LogP contribution is -2.25. The first kappa shape index (κ1) is 23.5. The molecule has 0 fully saturated rings. The molecule has 0 rings (SSSR count). The highest BCUT2D eigenvalue weighted by molar-refractivity contribution is 5.69. The summed E-state index contributed by atoms with van der Waals surface area (Å²) in [5, 5.41) is 0. The van der Waals surface area contributed by atoms with Gasteiger partial charge in [-0.2, -0.15) is 0 Å². The van der Waals surface area contributed by atoms with Crippen LogP contribution in [0.2, 0.25) is 0 Å². The molecule has 0 radical (unpaired) electrons. The average molecular weight is 341 g/mol. The van der Waals surface area contributed by atoms with Crippen LogP contribution < -0.4 is 0 Å². The lowest BCUT2D eigenvalue weighted by atomic mass is 9.94. The van der Waals surface area contributed by atoms with Crippen molar-refractivity contribution in [2.45, 2.75) is 124 Å². The van der Waals surface area contributed by atoms with Gasteiger partial charge in [-0.05, 0) is 31.1 Å². The van der Waals surface area contributed by atoms with E-state index in [1.807, 2.05) is 0 Å². The molecule has 0 spiro atoms. The summed E-state index contributed by atoms with van der Waals surface area (Å²) in [6.45, 7) is 11.1. The minimum Gasteiger partial charge on any atom is -0.462 e. The van der Waals surface area contributed by atoms with Crippen molar-refractivity contribution < 1.29 is 9.53 Å². The number of hydrogen-bond donors (Lipinski definition) is 0. The molecule has 0 heterocycles. The monoisotopic (exact) mass is 340 g/mol. The van der Waals surface area contributed by atoms with Crippen LogP contribution in [0.3, 0.4) is 0 Å². The van der Waals surface area contributed by atoms with Gasteiger partial charge in [0.25, 0.3) is 0 Å². The van der Waals surface area contributed by atoms with E-state index in [-0.39, 0.29) is 12.1 Å². The molecule has 2 nitrogen and oxygen atoms in total. The van der Waals surface area contributed by atoms with Crippen molar-refractivity contribution in [3.63, 3.8) is 0 Å². The third-order valence-corrected chi connectivity index (χ3v) is 5.07. The summed E-state index contributed by atoms with van der Waals surface area (Å²) in [5.41, 5.74) is 0. The van der Waals surface area contributed by atoms with Gasteiger partial charge in [-0.15, -0.1) is 0 Å². The summed E-state index contributed by atoms with van der Waals surface area (Å²) < 4.78 is 5.79. The molecule has 0 bridgehead atoms. The summed E-state index contributed by atoms with van der Waals surface area (Å²) in [5.74, 6) is 1.16. The van der Waals surface area contributed by atoms with E-state index in [4.69, 9.17) is 4.74 Å². The molecule has 144 valence electrons. The van der Waals surface area contributed by atoms with Crippen LogP contribution in [-0.4, -0.2) is 12.1 Å². The van der Waals surface area contributed by atoms with Gasteiger partial charge in [0, 0.05) is 6.42 Å². The zero-order chi connectivity index (χ0) is 18.2. The van der Waals surface area contributed by atoms with Gasteiger partial charge in [0.1, 0.15) is 6.10 Å². The minimum absolute atomic E-state index is 0.0204. The van der Waals surface area contributed by atoms with E-state index in [2.05, 4.69) is 34.6 Å². The number of carbonyl (C=O) groups is 1. The Morgan fingerprint density at radius 1 is 0.792 bits per heavy atom. The highest BCUT2D eigenvalue weighted by Gasteiger charge is 2.20. The van der Waals surface area contributed by atoms with Gasteiger partial charge in [0.15, 0.2) is 0 Å². The molecule has 0 aliphatic heterocycles. The Morgan fingerprint density at radius 2 is 1.33 bits per heavy atom. The molecule has 0 saturated heterocycles. The van der Waals surface area contributed by atoms with Crippen LogP contribution in [0.15, 0.2) is 0 Å². The van der Waals surface area contributed by atoms with Gasteiger partial charge in [0.2, 0.25) is 0 Å². The molecule has 0 aliphatic rings. The molecule has 0 aromatic carbocycles. The Labute approximate surface area is 152 Å². The fourth-order valence-electron chi connectivity index (χ4n) is 3.03. The number of esters is 1. The molecule has 2 heteroatoms. The summed E-state index contributed by atoms with van der Waals surface area (Å²) in [4.78, 5) is 12.1. The zero-order valence-electron chi connectivity index (χ0n) is 17.2. The van der Waals surface area contributed by atoms with Crippen molar-refractivity contribution in [3.05, 3.63) is 0 Å². The molecule has 2 atom stereocenters. The first-order valence-electron chi connectivity index (χ1n) is 10.7. The predicted molar refractivity (Wildman–Crippen MR) is 105 cm³/mol. The van der Waals surface area contributed by atoms with Gasteiger partial charge < -0.3 is 4.74 Å². The minimum atomic E-state index is 0.0204. The van der Waals surface area contributed by atoms with Crippen LogP contribution in [0.4, 0.5) is 0 Å². The zero-order valence-corrected chi connectivity index (χ0v) is 17.2. The highest BCUT2D eigenvalue weighted by Crippen LogP contribution is 2.20. The van der Waals surface area contributed by atoms with E-state index in [0.717, 1.165) is 25.7 Å². The standard InChI is InChI=1S/C22H44O2/c1-6-8-9-10-11-12-13-14-15-16-22(23)24-21(20(5)7-2)18-17-19(3)4/h19-21H,6-18H2,1-5H3. The third-order valence-electron chi connectivity index (χ3n) is 5.07. The van der Waals surface area contributed by atoms with Crippen molar-refractivity contribution >= 4 is 5.97 Å². The molecule has 0 aromatic heterocycles. The van der Waals surface area contributed by atoms with E-state index in [9.17, 15) is 4.79 Å². The SMILES string of the molecule is CCCCCCCCCCCC(=O)OC(CCC(C)C)C(C)CC. The number of hydrogen-bond acceptors (Lipinski definition) is 2. The third kappa shape index (κ3) is 13.9. The summed E-state index contributed by atoms with van der Waals surface area (Å²) >= 11 is 0. The molecule has 0 saturated carbocycles. The Balaban J connectivity index is 3.76. The molecule has 24 heavy (non-hydrogen) atoms. The fraction of sp³-hybridized carbons (Fsp3) is 0.955. The quantitative estimate of drug-likeness (QED) is 0.217. The van der Waals surface area contributed by atoms with Crippen LogP contribution in [0, 0.1) is 11.8 Å². The van der Waals surface area contributed by atoms with Crippen molar-refractivity contribution in [2.75, 3.05) is 0 Å². The fourth-order valence-corrected chi connectivity index (χ4v) is 3.03. The first-order chi connectivity index (χ1) is 11.5. The van der Waals surface area contributed by atoms with E-state index in [0.29, 0.717) is 18.3 Å². The number of carbonyl (C=O) groups excluding carboxylic acids is 1. The number of ether oxygens (including phenoxy) is 1. The lowest BCUT2D eigenvalue weighted by molar-refractivity contribution is -0.152. The molecule has 0 amide bonds. The van der Waals surface area contributed by atoms with Crippen molar-refractivity contribution in [1.82, 2.24) is 0 Å². The predicted octanol–water partition coefficient (Wildman–Crippen LogP) is 7.30. The van der Waals surface area contributed by atoms with Crippen LogP contribution in [0.5, 0.6) is 0 Å². The second kappa shape index (κ2) is 16.0. The summed E-state index contributed by atoms with van der Waals surface area (Å²) in [6.07, 6.45) is 15.5. The van der Waals surface area contributed by atoms with E-state index in [1.165, 1.54) is 51.4 Å². The van der Waals surface area contributed by atoms with E-state index < -0.39 is 0 Å². The molecule has 2 unspecified atom stereocenters. The van der Waals surface area contributed by atoms with Gasteiger partial charge in [-0.25, -0.2) is 0 Å². The smallest absolute Gasteiger partial charge is 0.306 e. The van der Waals surface area contributed by atoms with Crippen LogP contribution >= 0.6 is 0 Å². The Morgan fingerprint density at radius 3 is 1.83 bits per heavy atom. The molecule has 0 aliphatic carbocycles. The topological polar surface area (TPSA) is 26.3 Å². The van der Waals surface area contributed by atoms with Gasteiger partial charge >= 0.3 is 5.97 Å². The maximum absolute atomic E-state index is 12.1. The second-order valence-electron chi connectivity index (χ2n) is 7.96. The highest BCUT2D eigenvalue weighted by atomic mass is 16.5. The Hall–Kier alpha value is -0.530. The Bertz CT molecular complexity index is 286. The van der Waals surface area contributed by atoms with E-state index in [1.54, 1.807) is 0 Å². The number of rotatable bonds is 16. The summed E-state index contributed by atoms with van der Waals surface area (Å²) in [6, 6.07) is 0. The molecule has 0 N–H and O–H groups in total. The van der Waals surface area contributed by atoms with Gasteiger partial charge in [-0.3, -0.25) is 4.79 Å².